The highest BCUT2D eigenvalue weighted by Gasteiger charge is 2.09. The SMILES string of the molecule is Cc1cc(CNO)c(C)n1-c1ccccc1. The molecule has 0 radical (unpaired) electrons. The molecular weight excluding hydrogens is 200 g/mol. The molecule has 0 aliphatic heterocycles. The molecule has 0 fully saturated rings. The summed E-state index contributed by atoms with van der Waals surface area (Å²) in [6.45, 7) is 4.61. The molecule has 0 amide bonds. The van der Waals surface area contributed by atoms with Crippen LogP contribution in [0, 0.1) is 13.8 Å². The van der Waals surface area contributed by atoms with Crippen molar-refractivity contribution >= 4 is 0 Å². The van der Waals surface area contributed by atoms with E-state index in [1.54, 1.807) is 0 Å². The number of benzene rings is 1. The van der Waals surface area contributed by atoms with Crippen molar-refractivity contribution in [2.45, 2.75) is 20.4 Å². The maximum absolute atomic E-state index is 8.76. The number of aryl methyl sites for hydroxylation is 1. The van der Waals surface area contributed by atoms with Crippen LogP contribution in [0.25, 0.3) is 5.69 Å². The van der Waals surface area contributed by atoms with Gasteiger partial charge in [-0.1, -0.05) is 18.2 Å². The van der Waals surface area contributed by atoms with Crippen molar-refractivity contribution in [3.8, 4) is 5.69 Å². The van der Waals surface area contributed by atoms with Crippen molar-refractivity contribution in [2.75, 3.05) is 0 Å². The maximum Gasteiger partial charge on any atom is 0.0476 e. The molecule has 16 heavy (non-hydrogen) atoms. The van der Waals surface area contributed by atoms with Gasteiger partial charge in [-0.15, -0.1) is 0 Å². The lowest BCUT2D eigenvalue weighted by molar-refractivity contribution is 0.161. The average molecular weight is 216 g/mol. The Morgan fingerprint density at radius 3 is 2.50 bits per heavy atom. The normalized spacial score (nSPS) is 10.7. The number of hydroxylamine groups is 1. The Morgan fingerprint density at radius 1 is 1.19 bits per heavy atom. The molecule has 1 aromatic carbocycles. The van der Waals surface area contributed by atoms with Gasteiger partial charge in [0.05, 0.1) is 0 Å². The van der Waals surface area contributed by atoms with Gasteiger partial charge in [0.1, 0.15) is 0 Å². The van der Waals surface area contributed by atoms with Crippen LogP contribution in [0.3, 0.4) is 0 Å². The Balaban J connectivity index is 2.49. The van der Waals surface area contributed by atoms with Crippen LogP contribution in [0.15, 0.2) is 36.4 Å². The van der Waals surface area contributed by atoms with Crippen molar-refractivity contribution in [2.24, 2.45) is 0 Å². The lowest BCUT2D eigenvalue weighted by Crippen LogP contribution is -2.07. The molecule has 0 bridgehead atoms. The van der Waals surface area contributed by atoms with E-state index in [1.807, 2.05) is 18.2 Å². The molecule has 0 spiro atoms. The first-order chi connectivity index (χ1) is 7.74. The van der Waals surface area contributed by atoms with Gasteiger partial charge in [-0.05, 0) is 37.6 Å². The first-order valence-electron chi connectivity index (χ1n) is 5.34. The molecule has 84 valence electrons. The minimum absolute atomic E-state index is 0.479. The Hall–Kier alpha value is -1.58. The second-order valence-corrected chi connectivity index (χ2v) is 3.90. The number of para-hydroxylation sites is 1. The second-order valence-electron chi connectivity index (χ2n) is 3.90. The molecule has 3 nitrogen and oxygen atoms in total. The van der Waals surface area contributed by atoms with Gasteiger partial charge >= 0.3 is 0 Å². The van der Waals surface area contributed by atoms with E-state index in [-0.39, 0.29) is 0 Å². The van der Waals surface area contributed by atoms with Crippen molar-refractivity contribution in [1.82, 2.24) is 10.0 Å². The fourth-order valence-corrected chi connectivity index (χ4v) is 2.07. The molecule has 0 saturated carbocycles. The summed E-state index contributed by atoms with van der Waals surface area (Å²) in [6.07, 6.45) is 0. The van der Waals surface area contributed by atoms with E-state index in [1.165, 1.54) is 5.69 Å². The molecule has 0 unspecified atom stereocenters. The molecule has 1 heterocycles. The van der Waals surface area contributed by atoms with Crippen molar-refractivity contribution in [1.29, 1.82) is 0 Å². The summed E-state index contributed by atoms with van der Waals surface area (Å²) in [5.41, 5.74) is 6.81. The third-order valence-electron chi connectivity index (χ3n) is 2.82. The van der Waals surface area contributed by atoms with Crippen molar-refractivity contribution < 1.29 is 5.21 Å². The zero-order chi connectivity index (χ0) is 11.5. The summed E-state index contributed by atoms with van der Waals surface area (Å²) in [4.78, 5) is 0. The topological polar surface area (TPSA) is 37.2 Å². The first kappa shape index (κ1) is 10.9. The Bertz CT molecular complexity index is 474. The van der Waals surface area contributed by atoms with Gasteiger partial charge in [-0.2, -0.15) is 0 Å². The highest BCUT2D eigenvalue weighted by atomic mass is 16.5. The standard InChI is InChI=1S/C13H16N2O/c1-10-8-12(9-14-16)11(2)15(10)13-6-4-3-5-7-13/h3-8,14,16H,9H2,1-2H3. The minimum atomic E-state index is 0.479. The van der Waals surface area contributed by atoms with E-state index in [2.05, 4.69) is 42.1 Å². The molecule has 2 rings (SSSR count). The minimum Gasteiger partial charge on any atom is -0.318 e. The summed E-state index contributed by atoms with van der Waals surface area (Å²) in [5.74, 6) is 0. The number of aromatic nitrogens is 1. The highest BCUT2D eigenvalue weighted by Crippen LogP contribution is 2.20. The summed E-state index contributed by atoms with van der Waals surface area (Å²) < 4.78 is 2.19. The van der Waals surface area contributed by atoms with Gasteiger partial charge < -0.3 is 9.77 Å². The Morgan fingerprint density at radius 2 is 1.88 bits per heavy atom. The molecular formula is C13H16N2O. The van der Waals surface area contributed by atoms with E-state index in [0.29, 0.717) is 6.54 Å². The summed E-state index contributed by atoms with van der Waals surface area (Å²) in [7, 11) is 0. The van der Waals surface area contributed by atoms with Gasteiger partial charge in [0.2, 0.25) is 0 Å². The van der Waals surface area contributed by atoms with Crippen LogP contribution >= 0.6 is 0 Å². The zero-order valence-electron chi connectivity index (χ0n) is 9.57. The lowest BCUT2D eigenvalue weighted by atomic mass is 10.2. The van der Waals surface area contributed by atoms with E-state index >= 15 is 0 Å². The van der Waals surface area contributed by atoms with Crippen LogP contribution in [0.2, 0.25) is 0 Å². The van der Waals surface area contributed by atoms with Gasteiger partial charge in [-0.25, -0.2) is 5.48 Å². The average Bonchev–Trinajstić information content (AvgIpc) is 2.56. The molecule has 0 aliphatic rings. The van der Waals surface area contributed by atoms with Crippen molar-refractivity contribution in [3.63, 3.8) is 0 Å². The number of nitrogens with one attached hydrogen (secondary N) is 1. The molecule has 0 atom stereocenters. The largest absolute Gasteiger partial charge is 0.318 e. The molecule has 2 N–H and O–H groups in total. The van der Waals surface area contributed by atoms with E-state index in [0.717, 1.165) is 16.9 Å². The fourth-order valence-electron chi connectivity index (χ4n) is 2.07. The van der Waals surface area contributed by atoms with E-state index in [9.17, 15) is 0 Å². The van der Waals surface area contributed by atoms with Crippen molar-refractivity contribution in [3.05, 3.63) is 53.3 Å². The molecule has 3 heteroatoms. The van der Waals surface area contributed by atoms with Crippen LogP contribution in [-0.4, -0.2) is 9.77 Å². The van der Waals surface area contributed by atoms with Crippen LogP contribution in [0.1, 0.15) is 17.0 Å². The number of hydrogen-bond donors (Lipinski definition) is 2. The monoisotopic (exact) mass is 216 g/mol. The third-order valence-corrected chi connectivity index (χ3v) is 2.82. The van der Waals surface area contributed by atoms with Crippen LogP contribution in [-0.2, 0) is 6.54 Å². The first-order valence-corrected chi connectivity index (χ1v) is 5.34. The Kier molecular flexibility index (Phi) is 3.08. The smallest absolute Gasteiger partial charge is 0.0476 e. The summed E-state index contributed by atoms with van der Waals surface area (Å²) in [5, 5.41) is 8.76. The highest BCUT2D eigenvalue weighted by molar-refractivity contribution is 5.40. The van der Waals surface area contributed by atoms with Crippen LogP contribution < -0.4 is 5.48 Å². The van der Waals surface area contributed by atoms with Gasteiger partial charge in [0.15, 0.2) is 0 Å². The summed E-state index contributed by atoms with van der Waals surface area (Å²) >= 11 is 0. The predicted octanol–water partition coefficient (Wildman–Crippen LogP) is 2.57. The third kappa shape index (κ3) is 1.87. The van der Waals surface area contributed by atoms with Crippen LogP contribution in [0.4, 0.5) is 0 Å². The summed E-state index contributed by atoms with van der Waals surface area (Å²) in [6, 6.07) is 12.3. The molecule has 2 aromatic rings. The predicted molar refractivity (Wildman–Crippen MR) is 63.9 cm³/mol. The van der Waals surface area contributed by atoms with E-state index < -0.39 is 0 Å². The molecule has 1 aromatic heterocycles. The Labute approximate surface area is 95.3 Å². The fraction of sp³-hybridized carbons (Fsp3) is 0.231. The number of rotatable bonds is 3. The molecule has 0 saturated heterocycles. The maximum atomic E-state index is 8.76. The zero-order valence-corrected chi connectivity index (χ0v) is 9.57. The second kappa shape index (κ2) is 4.51. The van der Waals surface area contributed by atoms with Gasteiger partial charge in [-0.3, -0.25) is 0 Å². The lowest BCUT2D eigenvalue weighted by Gasteiger charge is -2.09. The quantitative estimate of drug-likeness (QED) is 0.774. The number of nitrogens with zero attached hydrogens (tertiary/aromatic N) is 1. The van der Waals surface area contributed by atoms with Gasteiger partial charge in [0.25, 0.3) is 0 Å². The van der Waals surface area contributed by atoms with Crippen LogP contribution in [0.5, 0.6) is 0 Å². The van der Waals surface area contributed by atoms with E-state index in [4.69, 9.17) is 5.21 Å². The molecule has 0 aliphatic carbocycles. The number of hydrogen-bond acceptors (Lipinski definition) is 2. The van der Waals surface area contributed by atoms with Gasteiger partial charge in [0, 0.05) is 23.6 Å².